The van der Waals surface area contributed by atoms with Crippen LogP contribution in [0, 0.1) is 0 Å². The summed E-state index contributed by atoms with van der Waals surface area (Å²) in [6.07, 6.45) is 3.95. The molecule has 0 amide bonds. The van der Waals surface area contributed by atoms with Gasteiger partial charge in [0.25, 0.3) is 0 Å². The van der Waals surface area contributed by atoms with Gasteiger partial charge in [0, 0.05) is 0 Å². The van der Waals surface area contributed by atoms with Crippen molar-refractivity contribution in [3.63, 3.8) is 0 Å². The topological polar surface area (TPSA) is 12.0 Å². The normalized spacial score (nSPS) is 22.1. The first kappa shape index (κ1) is 11.7. The molecular weight excluding hydrogens is 194 g/mol. The molecular formula is C15H23N. The highest BCUT2D eigenvalue weighted by atomic mass is 14.8. The summed E-state index contributed by atoms with van der Waals surface area (Å²) >= 11 is 0. The standard InChI is InChI=1S/C15H23N/c1-12(2)13-5-7-15(8-6-13)14-4-3-10-16-11-9-14/h5-8,12,14,16H,3-4,9-11H2,1-2H3/t14-/m1/s1. The first-order valence-electron chi connectivity index (χ1n) is 6.58. The number of nitrogens with one attached hydrogen (secondary N) is 1. The van der Waals surface area contributed by atoms with E-state index in [9.17, 15) is 0 Å². The third kappa shape index (κ3) is 2.85. The van der Waals surface area contributed by atoms with Gasteiger partial charge in [-0.1, -0.05) is 38.1 Å². The van der Waals surface area contributed by atoms with Crippen molar-refractivity contribution in [2.45, 2.75) is 44.9 Å². The highest BCUT2D eigenvalue weighted by Gasteiger charge is 2.13. The van der Waals surface area contributed by atoms with E-state index < -0.39 is 0 Å². The van der Waals surface area contributed by atoms with Gasteiger partial charge in [-0.3, -0.25) is 0 Å². The van der Waals surface area contributed by atoms with Crippen molar-refractivity contribution in [2.24, 2.45) is 0 Å². The molecule has 0 bridgehead atoms. The molecule has 0 aliphatic carbocycles. The number of rotatable bonds is 2. The van der Waals surface area contributed by atoms with E-state index in [4.69, 9.17) is 0 Å². The second kappa shape index (κ2) is 5.49. The lowest BCUT2D eigenvalue weighted by atomic mass is 9.90. The van der Waals surface area contributed by atoms with Crippen molar-refractivity contribution in [1.29, 1.82) is 0 Å². The van der Waals surface area contributed by atoms with E-state index >= 15 is 0 Å². The largest absolute Gasteiger partial charge is 0.317 e. The Bertz CT molecular complexity index is 305. The summed E-state index contributed by atoms with van der Waals surface area (Å²) in [7, 11) is 0. The van der Waals surface area contributed by atoms with E-state index in [0.717, 1.165) is 5.92 Å². The van der Waals surface area contributed by atoms with Crippen LogP contribution >= 0.6 is 0 Å². The van der Waals surface area contributed by atoms with E-state index in [1.165, 1.54) is 43.5 Å². The van der Waals surface area contributed by atoms with Crippen LogP contribution in [0.2, 0.25) is 0 Å². The van der Waals surface area contributed by atoms with Crippen molar-refractivity contribution in [2.75, 3.05) is 13.1 Å². The van der Waals surface area contributed by atoms with Crippen molar-refractivity contribution >= 4 is 0 Å². The quantitative estimate of drug-likeness (QED) is 0.797. The number of hydrogen-bond acceptors (Lipinski definition) is 1. The minimum absolute atomic E-state index is 0.643. The Morgan fingerprint density at radius 1 is 1.06 bits per heavy atom. The van der Waals surface area contributed by atoms with Crippen LogP contribution in [-0.4, -0.2) is 13.1 Å². The monoisotopic (exact) mass is 217 g/mol. The van der Waals surface area contributed by atoms with E-state index in [-0.39, 0.29) is 0 Å². The Balaban J connectivity index is 2.07. The fraction of sp³-hybridized carbons (Fsp3) is 0.600. The highest BCUT2D eigenvalue weighted by Crippen LogP contribution is 2.27. The molecule has 0 aromatic heterocycles. The molecule has 0 radical (unpaired) electrons. The summed E-state index contributed by atoms with van der Waals surface area (Å²) in [4.78, 5) is 0. The lowest BCUT2D eigenvalue weighted by molar-refractivity contribution is 0.609. The van der Waals surface area contributed by atoms with Crippen LogP contribution in [0.3, 0.4) is 0 Å². The molecule has 1 aromatic rings. The van der Waals surface area contributed by atoms with Gasteiger partial charge in [-0.15, -0.1) is 0 Å². The molecule has 1 atom stereocenters. The van der Waals surface area contributed by atoms with Gasteiger partial charge in [0.15, 0.2) is 0 Å². The van der Waals surface area contributed by atoms with Crippen LogP contribution in [0.25, 0.3) is 0 Å². The van der Waals surface area contributed by atoms with E-state index in [1.807, 2.05) is 0 Å². The Morgan fingerprint density at radius 2 is 1.81 bits per heavy atom. The second-order valence-electron chi connectivity index (χ2n) is 5.20. The zero-order valence-corrected chi connectivity index (χ0v) is 10.5. The van der Waals surface area contributed by atoms with Gasteiger partial charge < -0.3 is 5.32 Å². The maximum Gasteiger partial charge on any atom is -0.00431 e. The maximum atomic E-state index is 3.48. The Labute approximate surface area is 99.3 Å². The summed E-state index contributed by atoms with van der Waals surface area (Å²) in [5, 5.41) is 3.48. The van der Waals surface area contributed by atoms with Gasteiger partial charge in [-0.05, 0) is 55.3 Å². The van der Waals surface area contributed by atoms with Crippen molar-refractivity contribution < 1.29 is 0 Å². The van der Waals surface area contributed by atoms with Crippen molar-refractivity contribution in [1.82, 2.24) is 5.32 Å². The van der Waals surface area contributed by atoms with E-state index in [1.54, 1.807) is 0 Å². The van der Waals surface area contributed by atoms with Crippen LogP contribution in [0.5, 0.6) is 0 Å². The predicted octanol–water partition coefficient (Wildman–Crippen LogP) is 3.67. The SMILES string of the molecule is CC(C)c1ccc([C@@H]2CCCNCC2)cc1. The van der Waals surface area contributed by atoms with Gasteiger partial charge in [0.2, 0.25) is 0 Å². The molecule has 1 aliphatic rings. The van der Waals surface area contributed by atoms with Gasteiger partial charge >= 0.3 is 0 Å². The lowest BCUT2D eigenvalue weighted by Gasteiger charge is -2.15. The highest BCUT2D eigenvalue weighted by molar-refractivity contribution is 5.27. The average molecular weight is 217 g/mol. The van der Waals surface area contributed by atoms with Crippen LogP contribution in [0.15, 0.2) is 24.3 Å². The van der Waals surface area contributed by atoms with Crippen LogP contribution in [0.1, 0.15) is 56.1 Å². The third-order valence-corrected chi connectivity index (χ3v) is 3.65. The first-order valence-corrected chi connectivity index (χ1v) is 6.58. The summed E-state index contributed by atoms with van der Waals surface area (Å²) < 4.78 is 0. The third-order valence-electron chi connectivity index (χ3n) is 3.65. The molecule has 2 rings (SSSR count). The molecule has 1 nitrogen and oxygen atoms in total. The first-order chi connectivity index (χ1) is 7.77. The number of hydrogen-bond donors (Lipinski definition) is 1. The fourth-order valence-corrected chi connectivity index (χ4v) is 2.51. The summed E-state index contributed by atoms with van der Waals surface area (Å²) in [6, 6.07) is 9.28. The molecule has 0 spiro atoms. The van der Waals surface area contributed by atoms with Gasteiger partial charge in [0.1, 0.15) is 0 Å². The zero-order valence-electron chi connectivity index (χ0n) is 10.5. The molecule has 88 valence electrons. The minimum Gasteiger partial charge on any atom is -0.317 e. The molecule has 1 fully saturated rings. The van der Waals surface area contributed by atoms with Gasteiger partial charge in [-0.25, -0.2) is 0 Å². The summed E-state index contributed by atoms with van der Waals surface area (Å²) in [5.41, 5.74) is 2.99. The molecule has 1 aliphatic heterocycles. The molecule has 1 aromatic carbocycles. The molecule has 16 heavy (non-hydrogen) atoms. The molecule has 1 heteroatoms. The van der Waals surface area contributed by atoms with E-state index in [0.29, 0.717) is 5.92 Å². The van der Waals surface area contributed by atoms with Crippen molar-refractivity contribution in [3.05, 3.63) is 35.4 Å². The molecule has 1 heterocycles. The summed E-state index contributed by atoms with van der Waals surface area (Å²) in [6.45, 7) is 6.88. The smallest absolute Gasteiger partial charge is 0.00431 e. The van der Waals surface area contributed by atoms with Gasteiger partial charge in [-0.2, -0.15) is 0 Å². The molecule has 1 saturated heterocycles. The Kier molecular flexibility index (Phi) is 4.00. The fourth-order valence-electron chi connectivity index (χ4n) is 2.51. The predicted molar refractivity (Wildman–Crippen MR) is 70.0 cm³/mol. The Morgan fingerprint density at radius 3 is 2.50 bits per heavy atom. The zero-order chi connectivity index (χ0) is 11.4. The number of benzene rings is 1. The van der Waals surface area contributed by atoms with Crippen LogP contribution < -0.4 is 5.32 Å². The lowest BCUT2D eigenvalue weighted by Crippen LogP contribution is -2.13. The molecule has 0 saturated carbocycles. The Hall–Kier alpha value is -0.820. The van der Waals surface area contributed by atoms with Gasteiger partial charge in [0.05, 0.1) is 0 Å². The van der Waals surface area contributed by atoms with E-state index in [2.05, 4.69) is 43.4 Å². The van der Waals surface area contributed by atoms with Crippen molar-refractivity contribution in [3.8, 4) is 0 Å². The second-order valence-corrected chi connectivity index (χ2v) is 5.20. The minimum atomic E-state index is 0.643. The molecule has 0 unspecified atom stereocenters. The summed E-state index contributed by atoms with van der Waals surface area (Å²) in [5.74, 6) is 1.42. The maximum absolute atomic E-state index is 3.48. The van der Waals surface area contributed by atoms with Crippen LogP contribution in [0.4, 0.5) is 0 Å². The van der Waals surface area contributed by atoms with Crippen LogP contribution in [-0.2, 0) is 0 Å². The average Bonchev–Trinajstić information content (AvgIpc) is 2.57. The molecule has 1 N–H and O–H groups in total.